The summed E-state index contributed by atoms with van der Waals surface area (Å²) in [5.74, 6) is 7.12. The van der Waals surface area contributed by atoms with Crippen LogP contribution in [-0.4, -0.2) is 23.2 Å². The Hall–Kier alpha value is -3.90. The molecular formula is C42H39FGeIrN2O-2. The summed E-state index contributed by atoms with van der Waals surface area (Å²) in [7, 11) is 0. The fourth-order valence-corrected chi connectivity index (χ4v) is 9.42. The van der Waals surface area contributed by atoms with Crippen molar-refractivity contribution in [2.75, 3.05) is 0 Å². The van der Waals surface area contributed by atoms with E-state index in [1.807, 2.05) is 54.6 Å². The fraction of sp³-hybridized carbons (Fsp3) is 0.190. The molecule has 1 radical (unpaired) electrons. The van der Waals surface area contributed by atoms with E-state index in [9.17, 15) is 4.39 Å². The molecule has 0 aliphatic rings. The molecule has 0 unspecified atom stereocenters. The van der Waals surface area contributed by atoms with Crippen LogP contribution in [-0.2, 0) is 20.1 Å². The van der Waals surface area contributed by atoms with Crippen molar-refractivity contribution in [3.63, 3.8) is 0 Å². The molecule has 4 aromatic carbocycles. The van der Waals surface area contributed by atoms with Gasteiger partial charge in [0, 0.05) is 41.6 Å². The Bertz CT molecular complexity index is 2310. The summed E-state index contributed by atoms with van der Waals surface area (Å²) in [5, 5.41) is 1.03. The van der Waals surface area contributed by atoms with Gasteiger partial charge in [-0.15, -0.1) is 12.1 Å². The zero-order chi connectivity index (χ0) is 35.8. The van der Waals surface area contributed by atoms with Gasteiger partial charge in [0.1, 0.15) is 5.58 Å². The van der Waals surface area contributed by atoms with Gasteiger partial charge in [-0.3, -0.25) is 4.39 Å². The molecule has 3 heterocycles. The molecule has 0 amide bonds. The maximum Gasteiger partial charge on any atom is 0.121 e. The molecule has 0 N–H and O–H groups in total. The molecule has 0 saturated heterocycles. The average molecular weight is 875 g/mol. The van der Waals surface area contributed by atoms with Crippen LogP contribution in [0.4, 0.5) is 4.39 Å². The average Bonchev–Trinajstić information content (AvgIpc) is 3.48. The standard InChI is InChI=1S/C27H21FNO.C15H18GeN.Ir/c1-16(2)18-11-12-29-24(14-18)21-9-10-23(28)26-22-8-7-20(15-25(22)30-27(21)26)19-6-4-5-17(3)13-19;1-12-10-15(13-8-6-5-7-9-13)17-11-14(12)16(2,3)4;/h4-8,10-16H,1-3H3;5-8,10-11H,1-4H3;/q2*-1;/i3D3;;. The van der Waals surface area contributed by atoms with Crippen molar-refractivity contribution < 1.29 is 33.0 Å². The summed E-state index contributed by atoms with van der Waals surface area (Å²) in [5.41, 5.74) is 8.60. The Labute approximate surface area is 303 Å². The first-order valence-corrected chi connectivity index (χ1v) is 23.1. The Morgan fingerprint density at radius 1 is 0.875 bits per heavy atom. The molecule has 7 rings (SSSR count). The third-order valence-corrected chi connectivity index (χ3v) is 12.8. The molecule has 3 nitrogen and oxygen atoms in total. The second-order valence-corrected chi connectivity index (χ2v) is 23.7. The van der Waals surface area contributed by atoms with Crippen molar-refractivity contribution in [3.05, 3.63) is 138 Å². The van der Waals surface area contributed by atoms with Crippen LogP contribution in [0.5, 0.6) is 0 Å². The van der Waals surface area contributed by atoms with Crippen LogP contribution < -0.4 is 4.40 Å². The van der Waals surface area contributed by atoms with Gasteiger partial charge in [-0.25, -0.2) is 0 Å². The van der Waals surface area contributed by atoms with Crippen molar-refractivity contribution in [2.45, 2.75) is 50.8 Å². The minimum Gasteiger partial charge on any atom is -0.500 e. The van der Waals surface area contributed by atoms with E-state index in [0.717, 1.165) is 27.9 Å². The van der Waals surface area contributed by atoms with Gasteiger partial charge in [-0.2, -0.15) is 0 Å². The van der Waals surface area contributed by atoms with Crippen LogP contribution in [0.2, 0.25) is 17.3 Å². The van der Waals surface area contributed by atoms with Crippen molar-refractivity contribution in [2.24, 2.45) is 0 Å². The van der Waals surface area contributed by atoms with E-state index in [2.05, 4.69) is 78.5 Å². The number of rotatable bonds is 5. The molecule has 245 valence electrons. The van der Waals surface area contributed by atoms with E-state index in [4.69, 9.17) is 8.53 Å². The molecule has 0 atom stereocenters. The second kappa shape index (κ2) is 14.7. The first-order valence-electron chi connectivity index (χ1n) is 17.3. The molecule has 0 fully saturated rings. The molecular weight excluding hydrogens is 832 g/mol. The zero-order valence-corrected chi connectivity index (χ0v) is 32.4. The first kappa shape index (κ1) is 31.4. The van der Waals surface area contributed by atoms with Crippen LogP contribution in [0, 0.1) is 31.7 Å². The Morgan fingerprint density at radius 3 is 2.40 bits per heavy atom. The number of furan rings is 1. The van der Waals surface area contributed by atoms with Crippen LogP contribution in [0.3, 0.4) is 0 Å². The van der Waals surface area contributed by atoms with Gasteiger partial charge in [0.2, 0.25) is 0 Å². The molecule has 0 spiro atoms. The molecule has 3 aromatic heterocycles. The number of pyridine rings is 2. The van der Waals surface area contributed by atoms with Crippen LogP contribution in [0.25, 0.3) is 55.6 Å². The van der Waals surface area contributed by atoms with Gasteiger partial charge in [0.05, 0.1) is 5.58 Å². The fourth-order valence-electron chi connectivity index (χ4n) is 5.84. The zero-order valence-electron chi connectivity index (χ0n) is 30.9. The summed E-state index contributed by atoms with van der Waals surface area (Å²) in [6.07, 6.45) is 3.82. The number of aromatic nitrogens is 2. The molecule has 48 heavy (non-hydrogen) atoms. The van der Waals surface area contributed by atoms with Crippen molar-refractivity contribution in [1.82, 2.24) is 9.97 Å². The Balaban J connectivity index is 0.000000237. The minimum atomic E-state index is -2.19. The molecule has 0 aliphatic heterocycles. The Kier molecular flexibility index (Phi) is 9.61. The smallest absolute Gasteiger partial charge is 0.121 e. The maximum atomic E-state index is 14.9. The number of benzene rings is 4. The van der Waals surface area contributed by atoms with Gasteiger partial charge >= 0.3 is 106 Å². The second-order valence-electron chi connectivity index (χ2n) is 13.1. The van der Waals surface area contributed by atoms with Crippen LogP contribution >= 0.6 is 0 Å². The summed E-state index contributed by atoms with van der Waals surface area (Å²) >= 11 is -1.77. The SMILES string of the molecule is Cc1cc(-c2[c-]cccc2)nc[c]1[Ge]([CH3])([CH3])[CH3].[2H]C([2H])([2H])c1cccc(-c2ccc3c(c2)oc2c(-c4cc(C(C)C)ccn4)[c-]cc(F)c23)c1.[Ir]. The van der Waals surface area contributed by atoms with Gasteiger partial charge in [-0.05, 0) is 47.1 Å². The predicted octanol–water partition coefficient (Wildman–Crippen LogP) is 11.1. The van der Waals surface area contributed by atoms with Crippen molar-refractivity contribution in [3.8, 4) is 33.6 Å². The third-order valence-electron chi connectivity index (χ3n) is 8.31. The molecule has 0 saturated carbocycles. The molecule has 0 aliphatic carbocycles. The van der Waals surface area contributed by atoms with Gasteiger partial charge < -0.3 is 9.40 Å². The predicted molar refractivity (Wildman–Crippen MR) is 196 cm³/mol. The van der Waals surface area contributed by atoms with E-state index in [0.29, 0.717) is 39.1 Å². The summed E-state index contributed by atoms with van der Waals surface area (Å²) in [6.45, 7) is 4.21. The number of hydrogen-bond acceptors (Lipinski definition) is 3. The largest absolute Gasteiger partial charge is 0.500 e. The summed E-state index contributed by atoms with van der Waals surface area (Å²) < 4.78 is 45.5. The van der Waals surface area contributed by atoms with Crippen molar-refractivity contribution in [1.29, 1.82) is 0 Å². The molecule has 7 aromatic rings. The number of fused-ring (bicyclic) bond motifs is 3. The molecule has 0 bridgehead atoms. The number of nitrogens with zero attached hydrogens (tertiary/aromatic N) is 2. The number of halogens is 1. The number of hydrogen-bond donors (Lipinski definition) is 0. The van der Waals surface area contributed by atoms with E-state index in [-0.39, 0.29) is 25.7 Å². The summed E-state index contributed by atoms with van der Waals surface area (Å²) in [4.78, 5) is 9.06. The quantitative estimate of drug-likeness (QED) is 0.128. The van der Waals surface area contributed by atoms with E-state index >= 15 is 0 Å². The van der Waals surface area contributed by atoms with E-state index in [1.165, 1.54) is 16.0 Å². The van der Waals surface area contributed by atoms with Crippen LogP contribution in [0.1, 0.15) is 40.6 Å². The van der Waals surface area contributed by atoms with Gasteiger partial charge in [-0.1, -0.05) is 73.0 Å². The normalized spacial score (nSPS) is 12.5. The Morgan fingerprint density at radius 2 is 1.69 bits per heavy atom. The minimum absolute atomic E-state index is 0. The maximum absolute atomic E-state index is 14.9. The van der Waals surface area contributed by atoms with Gasteiger partial charge in [0.15, 0.2) is 0 Å². The number of aryl methyl sites for hydroxylation is 2. The van der Waals surface area contributed by atoms with Crippen LogP contribution in [0.15, 0.2) is 108 Å². The first-order chi connectivity index (χ1) is 23.7. The van der Waals surface area contributed by atoms with E-state index < -0.39 is 25.9 Å². The van der Waals surface area contributed by atoms with Crippen molar-refractivity contribution >= 4 is 39.6 Å². The molecule has 6 heteroatoms. The van der Waals surface area contributed by atoms with Gasteiger partial charge in [0.25, 0.3) is 0 Å². The third kappa shape index (κ3) is 7.54. The topological polar surface area (TPSA) is 38.9 Å². The van der Waals surface area contributed by atoms with E-state index in [1.54, 1.807) is 24.4 Å². The summed E-state index contributed by atoms with van der Waals surface area (Å²) in [6, 6.07) is 34.0. The monoisotopic (exact) mass is 876 g/mol.